The number of hydrogen-bond acceptors (Lipinski definition) is 5. The van der Waals surface area contributed by atoms with Gasteiger partial charge in [0.15, 0.2) is 5.82 Å². The van der Waals surface area contributed by atoms with Crippen molar-refractivity contribution in [3.63, 3.8) is 0 Å². The summed E-state index contributed by atoms with van der Waals surface area (Å²) in [7, 11) is 0. The molecule has 1 aromatic heterocycles. The second-order valence-corrected chi connectivity index (χ2v) is 6.18. The van der Waals surface area contributed by atoms with Crippen molar-refractivity contribution in [3.8, 4) is 0 Å². The smallest absolute Gasteiger partial charge is 0.236 e. The molecule has 0 fully saturated rings. The van der Waals surface area contributed by atoms with E-state index in [4.69, 9.17) is 4.52 Å². The van der Waals surface area contributed by atoms with Crippen LogP contribution < -0.4 is 0 Å². The van der Waals surface area contributed by atoms with Crippen molar-refractivity contribution >= 4 is 33.5 Å². The Morgan fingerprint density at radius 1 is 1.45 bits per heavy atom. The minimum absolute atomic E-state index is 0.110. The molecule has 0 aliphatic heterocycles. The molecule has 2 aromatic rings. The molecule has 0 aliphatic rings. The van der Waals surface area contributed by atoms with Gasteiger partial charge in [-0.3, -0.25) is 4.79 Å². The predicted molar refractivity (Wildman–Crippen MR) is 81.7 cm³/mol. The fourth-order valence-electron chi connectivity index (χ4n) is 1.65. The first-order valence-corrected chi connectivity index (χ1v) is 8.12. The zero-order chi connectivity index (χ0) is 14.5. The third-order valence-electron chi connectivity index (χ3n) is 2.88. The van der Waals surface area contributed by atoms with Gasteiger partial charge in [0.2, 0.25) is 5.89 Å². The van der Waals surface area contributed by atoms with Gasteiger partial charge in [-0.25, -0.2) is 0 Å². The van der Waals surface area contributed by atoms with Gasteiger partial charge in [0.05, 0.1) is 11.7 Å². The first-order chi connectivity index (χ1) is 9.61. The van der Waals surface area contributed by atoms with Crippen LogP contribution >= 0.6 is 27.7 Å². The lowest BCUT2D eigenvalue weighted by Crippen LogP contribution is -2.07. The molecular formula is C14H15BrN2O2S. The van der Waals surface area contributed by atoms with Crippen molar-refractivity contribution in [3.05, 3.63) is 40.5 Å². The van der Waals surface area contributed by atoms with E-state index in [0.717, 1.165) is 9.37 Å². The number of carbonyl (C=O) groups excluding carboxylic acids is 1. The molecule has 4 nitrogen and oxygen atoms in total. The average molecular weight is 355 g/mol. The molecule has 1 heterocycles. The lowest BCUT2D eigenvalue weighted by molar-refractivity contribution is -0.120. The van der Waals surface area contributed by atoms with Crippen LogP contribution in [0, 0.1) is 0 Å². The van der Waals surface area contributed by atoms with Crippen LogP contribution in [0.15, 0.2) is 38.2 Å². The van der Waals surface area contributed by atoms with Crippen LogP contribution in [-0.4, -0.2) is 15.9 Å². The van der Waals surface area contributed by atoms with Gasteiger partial charge in [-0.1, -0.05) is 24.2 Å². The van der Waals surface area contributed by atoms with Gasteiger partial charge >= 0.3 is 0 Å². The van der Waals surface area contributed by atoms with Crippen molar-refractivity contribution in [2.75, 3.05) is 0 Å². The Morgan fingerprint density at radius 3 is 2.90 bits per heavy atom. The lowest BCUT2D eigenvalue weighted by atomic mass is 10.1. The molecule has 0 aliphatic carbocycles. The summed E-state index contributed by atoms with van der Waals surface area (Å²) in [5.41, 5.74) is 0. The van der Waals surface area contributed by atoms with Gasteiger partial charge in [0.25, 0.3) is 0 Å². The van der Waals surface area contributed by atoms with Crippen LogP contribution in [-0.2, 0) is 10.5 Å². The number of thioether (sulfide) groups is 1. The van der Waals surface area contributed by atoms with E-state index < -0.39 is 0 Å². The number of aromatic nitrogens is 2. The molecule has 0 amide bonds. The SMILES string of the molecule is CCC(=O)C(C)c1nc(CSc2ccccc2Br)no1. The number of rotatable bonds is 6. The second-order valence-electron chi connectivity index (χ2n) is 4.31. The number of nitrogens with zero attached hydrogens (tertiary/aromatic N) is 2. The highest BCUT2D eigenvalue weighted by molar-refractivity contribution is 9.10. The van der Waals surface area contributed by atoms with Crippen molar-refractivity contribution < 1.29 is 9.32 Å². The third-order valence-corrected chi connectivity index (χ3v) is 4.90. The van der Waals surface area contributed by atoms with E-state index in [1.54, 1.807) is 18.7 Å². The maximum Gasteiger partial charge on any atom is 0.236 e. The summed E-state index contributed by atoms with van der Waals surface area (Å²) in [4.78, 5) is 17.0. The fourth-order valence-corrected chi connectivity index (χ4v) is 3.06. The Balaban J connectivity index is 2.00. The summed E-state index contributed by atoms with van der Waals surface area (Å²) < 4.78 is 6.21. The standard InChI is InChI=1S/C14H15BrN2O2S/c1-3-11(18)9(2)14-16-13(17-19-14)8-20-12-7-5-4-6-10(12)15/h4-7,9H,3,8H2,1-2H3. The maximum absolute atomic E-state index is 11.6. The van der Waals surface area contributed by atoms with Gasteiger partial charge in [-0.2, -0.15) is 4.98 Å². The summed E-state index contributed by atoms with van der Waals surface area (Å²) in [6.45, 7) is 3.63. The predicted octanol–water partition coefficient (Wildman–Crippen LogP) is 4.21. The van der Waals surface area contributed by atoms with Crippen LogP contribution in [0.3, 0.4) is 0 Å². The molecule has 2 rings (SSSR count). The molecule has 1 unspecified atom stereocenters. The fraction of sp³-hybridized carbons (Fsp3) is 0.357. The molecule has 0 saturated heterocycles. The summed E-state index contributed by atoms with van der Waals surface area (Å²) in [6, 6.07) is 7.97. The Morgan fingerprint density at radius 2 is 2.20 bits per heavy atom. The quantitative estimate of drug-likeness (QED) is 0.727. The Kier molecular flexibility index (Phi) is 5.37. The first kappa shape index (κ1) is 15.3. The van der Waals surface area contributed by atoms with Gasteiger partial charge < -0.3 is 4.52 Å². The largest absolute Gasteiger partial charge is 0.339 e. The highest BCUT2D eigenvalue weighted by atomic mass is 79.9. The Labute approximate surface area is 130 Å². The Hall–Kier alpha value is -1.14. The van der Waals surface area contributed by atoms with E-state index in [-0.39, 0.29) is 11.7 Å². The molecule has 0 radical (unpaired) electrons. The van der Waals surface area contributed by atoms with Gasteiger partial charge in [-0.15, -0.1) is 11.8 Å². The van der Waals surface area contributed by atoms with Crippen molar-refractivity contribution in [1.82, 2.24) is 10.1 Å². The van der Waals surface area contributed by atoms with Gasteiger partial charge in [0, 0.05) is 15.8 Å². The molecule has 1 atom stereocenters. The molecular weight excluding hydrogens is 340 g/mol. The molecule has 0 spiro atoms. The van der Waals surface area contributed by atoms with Crippen molar-refractivity contribution in [1.29, 1.82) is 0 Å². The average Bonchev–Trinajstić information content (AvgIpc) is 2.93. The zero-order valence-electron chi connectivity index (χ0n) is 11.3. The Bertz CT molecular complexity index is 600. The van der Waals surface area contributed by atoms with E-state index in [1.165, 1.54) is 0 Å². The van der Waals surface area contributed by atoms with Crippen LogP contribution in [0.4, 0.5) is 0 Å². The highest BCUT2D eigenvalue weighted by Gasteiger charge is 2.20. The topological polar surface area (TPSA) is 56.0 Å². The second kappa shape index (κ2) is 7.04. The number of hydrogen-bond donors (Lipinski definition) is 0. The van der Waals surface area contributed by atoms with Crippen LogP contribution in [0.5, 0.6) is 0 Å². The number of Topliss-reactive ketones (excluding diaryl/α,β-unsaturated/α-hetero) is 1. The van der Waals surface area contributed by atoms with E-state index in [1.807, 2.05) is 31.2 Å². The molecule has 0 N–H and O–H groups in total. The summed E-state index contributed by atoms with van der Waals surface area (Å²) >= 11 is 5.12. The maximum atomic E-state index is 11.6. The molecule has 106 valence electrons. The number of benzene rings is 1. The van der Waals surface area contributed by atoms with Crippen molar-refractivity contribution in [2.45, 2.75) is 36.8 Å². The molecule has 1 aromatic carbocycles. The molecule has 0 saturated carbocycles. The van der Waals surface area contributed by atoms with E-state index >= 15 is 0 Å². The van der Waals surface area contributed by atoms with Gasteiger partial charge in [-0.05, 0) is 35.0 Å². The van der Waals surface area contributed by atoms with Crippen LogP contribution in [0.1, 0.15) is 37.9 Å². The van der Waals surface area contributed by atoms with E-state index in [2.05, 4.69) is 26.1 Å². The summed E-state index contributed by atoms with van der Waals surface area (Å²) in [5, 5.41) is 3.92. The van der Waals surface area contributed by atoms with Crippen LogP contribution in [0.25, 0.3) is 0 Å². The third kappa shape index (κ3) is 3.70. The molecule has 0 bridgehead atoms. The summed E-state index contributed by atoms with van der Waals surface area (Å²) in [5.74, 6) is 1.41. The highest BCUT2D eigenvalue weighted by Crippen LogP contribution is 2.29. The number of halogens is 1. The monoisotopic (exact) mass is 354 g/mol. The number of carbonyl (C=O) groups is 1. The summed E-state index contributed by atoms with van der Waals surface area (Å²) in [6.07, 6.45) is 0.477. The minimum atomic E-state index is -0.324. The minimum Gasteiger partial charge on any atom is -0.339 e. The van der Waals surface area contributed by atoms with Crippen LogP contribution in [0.2, 0.25) is 0 Å². The van der Waals surface area contributed by atoms with Gasteiger partial charge in [0.1, 0.15) is 5.78 Å². The normalized spacial score (nSPS) is 12.3. The van der Waals surface area contributed by atoms with Crippen molar-refractivity contribution in [2.24, 2.45) is 0 Å². The number of ketones is 1. The van der Waals surface area contributed by atoms with E-state index in [0.29, 0.717) is 23.9 Å². The first-order valence-electron chi connectivity index (χ1n) is 6.34. The zero-order valence-corrected chi connectivity index (χ0v) is 13.7. The lowest BCUT2D eigenvalue weighted by Gasteiger charge is -2.02. The molecule has 6 heteroatoms. The molecule has 20 heavy (non-hydrogen) atoms. The van der Waals surface area contributed by atoms with E-state index in [9.17, 15) is 4.79 Å².